The number of carbonyl (C=O) groups excluding carboxylic acids is 1. The molecule has 200 valence electrons. The molecule has 0 unspecified atom stereocenters. The lowest BCUT2D eigenvalue weighted by atomic mass is 10.2. The van der Waals surface area contributed by atoms with Crippen LogP contribution in [-0.4, -0.2) is 42.0 Å². The van der Waals surface area contributed by atoms with Gasteiger partial charge >= 0.3 is 6.18 Å². The van der Waals surface area contributed by atoms with E-state index in [9.17, 15) is 18.0 Å². The molecule has 9 nitrogen and oxygen atoms in total. The molecule has 2 aromatic carbocycles. The highest BCUT2D eigenvalue weighted by atomic mass is 19.4. The fraction of sp³-hybridized carbons (Fsp3) is 0.185. The van der Waals surface area contributed by atoms with Gasteiger partial charge in [0.05, 0.1) is 22.8 Å². The number of hydrogen-bond donors (Lipinski definition) is 3. The van der Waals surface area contributed by atoms with Crippen molar-refractivity contribution in [3.8, 4) is 23.0 Å². The maximum absolute atomic E-state index is 12.8. The van der Waals surface area contributed by atoms with Crippen LogP contribution in [0.15, 0.2) is 67.0 Å². The summed E-state index contributed by atoms with van der Waals surface area (Å²) < 4.78 is 46.3. The summed E-state index contributed by atoms with van der Waals surface area (Å²) in [5.74, 6) is 1.72. The zero-order chi connectivity index (χ0) is 27.6. The monoisotopic (exact) mass is 536 g/mol. The maximum atomic E-state index is 12.8. The number of aromatic amines is 1. The molecule has 0 amide bonds. The quantitative estimate of drug-likeness (QED) is 0.202. The first kappa shape index (κ1) is 25.9. The molecule has 0 radical (unpaired) electrons. The number of hydrogen-bond acceptors (Lipinski definition) is 7. The Kier molecular flexibility index (Phi) is 7.03. The number of nitrogens with zero attached hydrogens (tertiary/aromatic N) is 4. The van der Waals surface area contributed by atoms with Crippen LogP contribution in [0, 0.1) is 0 Å². The van der Waals surface area contributed by atoms with Gasteiger partial charge in [-0.05, 0) is 48.9 Å². The van der Waals surface area contributed by atoms with Crippen molar-refractivity contribution in [2.24, 2.45) is 7.05 Å². The van der Waals surface area contributed by atoms with Gasteiger partial charge in [-0.2, -0.15) is 13.2 Å². The van der Waals surface area contributed by atoms with Crippen LogP contribution in [0.3, 0.4) is 0 Å². The number of ether oxygens (including phenoxy) is 1. The number of alkyl halides is 3. The van der Waals surface area contributed by atoms with Crippen molar-refractivity contribution in [3.05, 3.63) is 78.2 Å². The van der Waals surface area contributed by atoms with Crippen molar-refractivity contribution in [1.82, 2.24) is 24.5 Å². The number of anilines is 2. The van der Waals surface area contributed by atoms with Crippen molar-refractivity contribution in [2.45, 2.75) is 19.0 Å². The van der Waals surface area contributed by atoms with Gasteiger partial charge in [-0.25, -0.2) is 9.97 Å². The Morgan fingerprint density at radius 2 is 1.85 bits per heavy atom. The summed E-state index contributed by atoms with van der Waals surface area (Å²) in [5.41, 5.74) is 1.98. The maximum Gasteiger partial charge on any atom is 0.416 e. The lowest BCUT2D eigenvalue weighted by molar-refractivity contribution is -0.137. The van der Waals surface area contributed by atoms with E-state index in [0.29, 0.717) is 52.3 Å². The molecule has 5 aromatic rings. The molecule has 0 bridgehead atoms. The molecule has 0 aliphatic carbocycles. The molecule has 12 heteroatoms. The van der Waals surface area contributed by atoms with Crippen molar-refractivity contribution in [1.29, 1.82) is 0 Å². The normalized spacial score (nSPS) is 11.6. The summed E-state index contributed by atoms with van der Waals surface area (Å²) in [6, 6.07) is 13.4. The number of Topliss-reactive ketones (excluding diaryl/α,β-unsaturated/α-hetero) is 1. The number of aryl methyl sites for hydroxylation is 1. The Bertz CT molecular complexity index is 1630. The summed E-state index contributed by atoms with van der Waals surface area (Å²) in [7, 11) is 1.80. The molecule has 3 N–H and O–H groups in total. The van der Waals surface area contributed by atoms with Gasteiger partial charge in [0.1, 0.15) is 22.9 Å². The van der Waals surface area contributed by atoms with Crippen molar-refractivity contribution < 1.29 is 27.8 Å². The number of pyridine rings is 1. The van der Waals surface area contributed by atoms with Gasteiger partial charge in [-0.1, -0.05) is 0 Å². The Balaban J connectivity index is 1.32. The lowest BCUT2D eigenvalue weighted by Gasteiger charge is -2.09. The molecular weight excluding hydrogens is 513 g/mol. The third-order valence-electron chi connectivity index (χ3n) is 5.97. The highest BCUT2D eigenvalue weighted by Gasteiger charge is 2.30. The fourth-order valence-corrected chi connectivity index (χ4v) is 3.93. The predicted molar refractivity (Wildman–Crippen MR) is 138 cm³/mol. The summed E-state index contributed by atoms with van der Waals surface area (Å²) in [4.78, 5) is 28.2. The van der Waals surface area contributed by atoms with Crippen LogP contribution in [0.1, 0.15) is 28.9 Å². The highest BCUT2D eigenvalue weighted by Crippen LogP contribution is 2.32. The average molecular weight is 537 g/mol. The van der Waals surface area contributed by atoms with Gasteiger partial charge in [-0.15, -0.1) is 0 Å². The van der Waals surface area contributed by atoms with E-state index in [1.54, 1.807) is 42.1 Å². The number of aromatic nitrogens is 5. The van der Waals surface area contributed by atoms with Crippen LogP contribution in [0.25, 0.3) is 22.6 Å². The molecule has 5 rings (SSSR count). The van der Waals surface area contributed by atoms with Crippen LogP contribution >= 0.6 is 0 Å². The van der Waals surface area contributed by atoms with Crippen LogP contribution in [-0.2, 0) is 13.2 Å². The molecule has 0 fully saturated rings. The minimum absolute atomic E-state index is 0.0606. The number of fused-ring (bicyclic) bond motifs is 1. The molecule has 3 aromatic heterocycles. The van der Waals surface area contributed by atoms with Crippen LogP contribution in [0.4, 0.5) is 24.8 Å². The zero-order valence-corrected chi connectivity index (χ0v) is 20.7. The van der Waals surface area contributed by atoms with Crippen molar-refractivity contribution >= 4 is 28.5 Å². The molecule has 0 aliphatic rings. The van der Waals surface area contributed by atoms with Gasteiger partial charge < -0.3 is 24.7 Å². The topological polar surface area (TPSA) is 118 Å². The number of rotatable bonds is 9. The Hall–Kier alpha value is -4.71. The van der Waals surface area contributed by atoms with E-state index in [-0.39, 0.29) is 18.8 Å². The standard InChI is InChI=1S/C27H23F3N6O3/c1-36-23-9-8-18(13-20(23)35-26(36)33-17-6-4-16(5-7-17)27(28,29)30)39-19-10-11-31-21(14-19)25-32-15-22(34-25)24(38)3-2-12-37/h4-11,13-15,37H,2-3,12H2,1H3,(H,32,34)(H,33,35). The second kappa shape index (κ2) is 10.6. The molecule has 0 spiro atoms. The Morgan fingerprint density at radius 3 is 2.59 bits per heavy atom. The van der Waals surface area contributed by atoms with Crippen molar-refractivity contribution in [2.75, 3.05) is 11.9 Å². The van der Waals surface area contributed by atoms with Crippen molar-refractivity contribution in [3.63, 3.8) is 0 Å². The molecule has 0 saturated carbocycles. The number of benzene rings is 2. The Labute approximate surface area is 220 Å². The third kappa shape index (κ3) is 5.75. The molecule has 0 saturated heterocycles. The third-order valence-corrected chi connectivity index (χ3v) is 5.97. The molecule has 0 atom stereocenters. The van der Waals surface area contributed by atoms with Crippen LogP contribution in [0.2, 0.25) is 0 Å². The van der Waals surface area contributed by atoms with E-state index >= 15 is 0 Å². The van der Waals surface area contributed by atoms with E-state index in [1.165, 1.54) is 18.3 Å². The van der Waals surface area contributed by atoms with E-state index in [0.717, 1.165) is 17.6 Å². The fourth-order valence-electron chi connectivity index (χ4n) is 3.93. The smallest absolute Gasteiger partial charge is 0.416 e. The number of H-pyrrole nitrogens is 1. The number of ketones is 1. The van der Waals surface area contributed by atoms with Crippen LogP contribution in [0.5, 0.6) is 11.5 Å². The summed E-state index contributed by atoms with van der Waals surface area (Å²) in [6.45, 7) is -0.0606. The molecule has 0 aliphatic heterocycles. The van der Waals surface area contributed by atoms with Gasteiger partial charge in [0.2, 0.25) is 5.95 Å². The minimum atomic E-state index is -4.40. The second-order valence-electron chi connectivity index (χ2n) is 8.72. The zero-order valence-electron chi connectivity index (χ0n) is 20.7. The molecule has 3 heterocycles. The number of aliphatic hydroxyl groups is 1. The molecule has 39 heavy (non-hydrogen) atoms. The first-order chi connectivity index (χ1) is 18.7. The Morgan fingerprint density at radius 1 is 1.08 bits per heavy atom. The van der Waals surface area contributed by atoms with Crippen LogP contribution < -0.4 is 10.1 Å². The summed E-state index contributed by atoms with van der Waals surface area (Å²) in [6.07, 6.45) is -0.807. The van der Waals surface area contributed by atoms with E-state index < -0.39 is 11.7 Å². The number of halogens is 3. The first-order valence-electron chi connectivity index (χ1n) is 12.0. The molecular formula is C27H23F3N6O3. The van der Waals surface area contributed by atoms with E-state index in [2.05, 4.69) is 25.3 Å². The lowest BCUT2D eigenvalue weighted by Crippen LogP contribution is -2.05. The predicted octanol–water partition coefficient (Wildman–Crippen LogP) is 5.87. The number of aliphatic hydroxyl groups excluding tert-OH is 1. The summed E-state index contributed by atoms with van der Waals surface area (Å²) >= 11 is 0. The SMILES string of the molecule is Cn1c(Nc2ccc(C(F)(F)F)cc2)nc2cc(Oc3ccnc(-c4ncc(C(=O)CCCO)[nH]4)c3)ccc21. The van der Waals surface area contributed by atoms with Gasteiger partial charge in [0, 0.05) is 44.1 Å². The van der Waals surface area contributed by atoms with Gasteiger partial charge in [0.25, 0.3) is 0 Å². The highest BCUT2D eigenvalue weighted by molar-refractivity contribution is 5.94. The summed E-state index contributed by atoms with van der Waals surface area (Å²) in [5, 5.41) is 12.0. The number of carbonyl (C=O) groups is 1. The number of nitrogens with one attached hydrogen (secondary N) is 2. The second-order valence-corrected chi connectivity index (χ2v) is 8.72. The minimum Gasteiger partial charge on any atom is -0.457 e. The van der Waals surface area contributed by atoms with Gasteiger partial charge in [-0.3, -0.25) is 9.78 Å². The number of imidazole rings is 2. The largest absolute Gasteiger partial charge is 0.457 e. The first-order valence-corrected chi connectivity index (χ1v) is 12.0. The average Bonchev–Trinajstić information content (AvgIpc) is 3.53. The van der Waals surface area contributed by atoms with E-state index in [4.69, 9.17) is 9.84 Å². The van der Waals surface area contributed by atoms with E-state index in [1.807, 2.05) is 6.07 Å². The van der Waals surface area contributed by atoms with Gasteiger partial charge in [0.15, 0.2) is 11.6 Å².